The van der Waals surface area contributed by atoms with Crippen molar-refractivity contribution in [3.8, 4) is 0 Å². The Morgan fingerprint density at radius 2 is 1.83 bits per heavy atom. The van der Waals surface area contributed by atoms with E-state index in [4.69, 9.17) is 4.74 Å². The normalized spacial score (nSPS) is 10.7. The number of carbonyl (C=O) groups is 3. The predicted molar refractivity (Wildman–Crippen MR) is 115 cm³/mol. The van der Waals surface area contributed by atoms with Gasteiger partial charge in [0.25, 0.3) is 5.91 Å². The molecule has 0 aliphatic carbocycles. The summed E-state index contributed by atoms with van der Waals surface area (Å²) in [7, 11) is 0. The number of pyridine rings is 1. The number of carbonyl (C=O) groups excluding carboxylic acids is 3. The third-order valence-corrected chi connectivity index (χ3v) is 4.43. The molecule has 0 saturated heterocycles. The average Bonchev–Trinajstić information content (AvgIpc) is 2.73. The molecule has 0 bridgehead atoms. The Morgan fingerprint density at radius 3 is 2.63 bits per heavy atom. The Morgan fingerprint density at radius 1 is 1.03 bits per heavy atom. The lowest BCUT2D eigenvalue weighted by Gasteiger charge is -2.08. The lowest BCUT2D eigenvalue weighted by Crippen LogP contribution is -2.37. The van der Waals surface area contributed by atoms with E-state index in [0.717, 1.165) is 27.6 Å². The van der Waals surface area contributed by atoms with Gasteiger partial charge in [0.05, 0.1) is 5.52 Å². The van der Waals surface area contributed by atoms with Crippen molar-refractivity contribution in [2.24, 2.45) is 0 Å². The zero-order chi connectivity index (χ0) is 21.5. The van der Waals surface area contributed by atoms with E-state index in [1.807, 2.05) is 50.2 Å². The van der Waals surface area contributed by atoms with Gasteiger partial charge in [-0.25, -0.2) is 9.59 Å². The Bertz CT molecular complexity index is 1130. The zero-order valence-electron chi connectivity index (χ0n) is 16.6. The van der Waals surface area contributed by atoms with Gasteiger partial charge in [0.1, 0.15) is 0 Å². The summed E-state index contributed by atoms with van der Waals surface area (Å²) in [6.45, 7) is 3.31. The van der Waals surface area contributed by atoms with Crippen LogP contribution in [-0.4, -0.2) is 29.5 Å². The number of ether oxygens (including phenoxy) is 1. The second-order valence-electron chi connectivity index (χ2n) is 6.66. The highest BCUT2D eigenvalue weighted by molar-refractivity contribution is 6.02. The number of imide groups is 1. The number of anilines is 1. The number of nitrogens with zero attached hydrogens (tertiary/aromatic N) is 1. The SMILES string of the molecule is Cc1ccc(NC(=O)NC(=O)COC(=O)/C=C/c2cccc3cccnc23)cc1C. The van der Waals surface area contributed by atoms with E-state index in [0.29, 0.717) is 5.69 Å². The van der Waals surface area contributed by atoms with Crippen LogP contribution in [0.4, 0.5) is 10.5 Å². The van der Waals surface area contributed by atoms with Crippen LogP contribution in [0.1, 0.15) is 16.7 Å². The number of amides is 3. The molecule has 1 heterocycles. The number of para-hydroxylation sites is 1. The van der Waals surface area contributed by atoms with Crippen LogP contribution < -0.4 is 10.6 Å². The number of esters is 1. The maximum absolute atomic E-state index is 11.9. The Kier molecular flexibility index (Phi) is 6.54. The largest absolute Gasteiger partial charge is 0.452 e. The van der Waals surface area contributed by atoms with Crippen LogP contribution in [0.3, 0.4) is 0 Å². The smallest absolute Gasteiger partial charge is 0.331 e. The van der Waals surface area contributed by atoms with Crippen molar-refractivity contribution < 1.29 is 19.1 Å². The molecule has 2 aromatic carbocycles. The second kappa shape index (κ2) is 9.47. The molecule has 0 aliphatic rings. The number of aryl methyl sites for hydroxylation is 2. The Hall–Kier alpha value is -4.00. The first-order valence-corrected chi connectivity index (χ1v) is 9.29. The monoisotopic (exact) mass is 403 g/mol. The fourth-order valence-corrected chi connectivity index (χ4v) is 2.75. The third kappa shape index (κ3) is 5.51. The van der Waals surface area contributed by atoms with Gasteiger partial charge < -0.3 is 10.1 Å². The molecule has 152 valence electrons. The summed E-state index contributed by atoms with van der Waals surface area (Å²) in [4.78, 5) is 39.9. The van der Waals surface area contributed by atoms with Crippen molar-refractivity contribution in [2.45, 2.75) is 13.8 Å². The molecule has 7 nitrogen and oxygen atoms in total. The first kappa shape index (κ1) is 20.7. The molecule has 0 radical (unpaired) electrons. The molecule has 1 aromatic heterocycles. The summed E-state index contributed by atoms with van der Waals surface area (Å²) in [5.41, 5.74) is 4.18. The fourth-order valence-electron chi connectivity index (χ4n) is 2.75. The minimum Gasteiger partial charge on any atom is -0.452 e. The predicted octanol–water partition coefficient (Wildman–Crippen LogP) is 3.76. The lowest BCUT2D eigenvalue weighted by molar-refractivity contribution is -0.143. The molecule has 3 aromatic rings. The summed E-state index contributed by atoms with van der Waals surface area (Å²) in [5, 5.41) is 5.62. The van der Waals surface area contributed by atoms with E-state index in [-0.39, 0.29) is 0 Å². The molecule has 3 rings (SSSR count). The summed E-state index contributed by atoms with van der Waals surface area (Å²) >= 11 is 0. The van der Waals surface area contributed by atoms with Crippen LogP contribution >= 0.6 is 0 Å². The number of fused-ring (bicyclic) bond motifs is 1. The first-order valence-electron chi connectivity index (χ1n) is 9.29. The number of rotatable bonds is 5. The minimum absolute atomic E-state index is 0.562. The summed E-state index contributed by atoms with van der Waals surface area (Å²) in [6.07, 6.45) is 4.46. The maximum Gasteiger partial charge on any atom is 0.331 e. The van der Waals surface area contributed by atoms with E-state index in [9.17, 15) is 14.4 Å². The van der Waals surface area contributed by atoms with E-state index in [1.165, 1.54) is 6.08 Å². The molecule has 2 N–H and O–H groups in total. The summed E-state index contributed by atoms with van der Waals surface area (Å²) in [6, 6.07) is 14.1. The highest BCUT2D eigenvalue weighted by Gasteiger charge is 2.10. The van der Waals surface area contributed by atoms with Crippen molar-refractivity contribution >= 4 is 40.6 Å². The van der Waals surface area contributed by atoms with Gasteiger partial charge in [-0.15, -0.1) is 0 Å². The topological polar surface area (TPSA) is 97.4 Å². The Balaban J connectivity index is 1.49. The molecule has 0 saturated carbocycles. The van der Waals surface area contributed by atoms with Crippen LogP contribution in [0, 0.1) is 13.8 Å². The molecule has 3 amide bonds. The van der Waals surface area contributed by atoms with Gasteiger partial charge in [0.2, 0.25) is 0 Å². The number of benzene rings is 2. The highest BCUT2D eigenvalue weighted by atomic mass is 16.5. The zero-order valence-corrected chi connectivity index (χ0v) is 16.6. The standard InChI is InChI=1S/C23H21N3O4/c1-15-8-10-19(13-16(15)2)25-23(29)26-20(27)14-30-21(28)11-9-18-6-3-5-17-7-4-12-24-22(17)18/h3-13H,14H2,1-2H3,(H2,25,26,27,29)/b11-9+. The second-order valence-corrected chi connectivity index (χ2v) is 6.66. The molecule has 0 fully saturated rings. The number of nitrogens with one attached hydrogen (secondary N) is 2. The van der Waals surface area contributed by atoms with Crippen molar-refractivity contribution in [3.05, 3.63) is 77.5 Å². The molecule has 30 heavy (non-hydrogen) atoms. The summed E-state index contributed by atoms with van der Waals surface area (Å²) < 4.78 is 4.89. The number of aromatic nitrogens is 1. The molecule has 0 atom stereocenters. The van der Waals surface area contributed by atoms with E-state index in [1.54, 1.807) is 24.4 Å². The fraction of sp³-hybridized carbons (Fsp3) is 0.130. The number of hydrogen-bond donors (Lipinski definition) is 2. The maximum atomic E-state index is 11.9. The van der Waals surface area contributed by atoms with Crippen molar-refractivity contribution in [3.63, 3.8) is 0 Å². The summed E-state index contributed by atoms with van der Waals surface area (Å²) in [5.74, 6) is -1.43. The van der Waals surface area contributed by atoms with E-state index >= 15 is 0 Å². The first-order chi connectivity index (χ1) is 14.4. The third-order valence-electron chi connectivity index (χ3n) is 4.43. The van der Waals surface area contributed by atoms with E-state index in [2.05, 4.69) is 15.6 Å². The molecule has 7 heteroatoms. The molecule has 0 unspecified atom stereocenters. The minimum atomic E-state index is -0.732. The van der Waals surface area contributed by atoms with Crippen LogP contribution in [0.15, 0.2) is 60.8 Å². The van der Waals surface area contributed by atoms with Crippen LogP contribution in [0.2, 0.25) is 0 Å². The van der Waals surface area contributed by atoms with Gasteiger partial charge in [-0.2, -0.15) is 0 Å². The van der Waals surface area contributed by atoms with E-state index < -0.39 is 24.5 Å². The molecular weight excluding hydrogens is 382 g/mol. The molecule has 0 aliphatic heterocycles. The van der Waals surface area contributed by atoms with Gasteiger partial charge >= 0.3 is 12.0 Å². The van der Waals surface area contributed by atoms with Gasteiger partial charge in [-0.3, -0.25) is 15.1 Å². The van der Waals surface area contributed by atoms with Crippen molar-refractivity contribution in [1.82, 2.24) is 10.3 Å². The van der Waals surface area contributed by atoms with Gasteiger partial charge in [-0.1, -0.05) is 30.3 Å². The molecule has 0 spiro atoms. The van der Waals surface area contributed by atoms with Crippen LogP contribution in [0.25, 0.3) is 17.0 Å². The molecular formula is C23H21N3O4. The lowest BCUT2D eigenvalue weighted by atomic mass is 10.1. The number of hydrogen-bond acceptors (Lipinski definition) is 5. The van der Waals surface area contributed by atoms with Crippen LogP contribution in [-0.2, 0) is 14.3 Å². The van der Waals surface area contributed by atoms with Crippen LogP contribution in [0.5, 0.6) is 0 Å². The quantitative estimate of drug-likeness (QED) is 0.499. The Labute approximate surface area is 173 Å². The highest BCUT2D eigenvalue weighted by Crippen LogP contribution is 2.17. The van der Waals surface area contributed by atoms with Crippen molar-refractivity contribution in [1.29, 1.82) is 0 Å². The average molecular weight is 403 g/mol. The van der Waals surface area contributed by atoms with Crippen molar-refractivity contribution in [2.75, 3.05) is 11.9 Å². The number of urea groups is 1. The van der Waals surface area contributed by atoms with Gasteiger partial charge in [0.15, 0.2) is 6.61 Å². The van der Waals surface area contributed by atoms with Gasteiger partial charge in [-0.05, 0) is 49.2 Å². The van der Waals surface area contributed by atoms with Gasteiger partial charge in [0, 0.05) is 28.9 Å².